The van der Waals surface area contributed by atoms with Gasteiger partial charge in [-0.1, -0.05) is 0 Å². The monoisotopic (exact) mass is 537 g/mol. The minimum absolute atomic E-state index is 0. The van der Waals surface area contributed by atoms with E-state index in [2.05, 4.69) is 54.2 Å². The van der Waals surface area contributed by atoms with Crippen LogP contribution in [0.3, 0.4) is 0 Å². The smallest absolute Gasteiger partial charge is 0.878 e. The molecule has 9 nitrogen and oxygen atoms in total. The first-order valence-electron chi connectivity index (χ1n) is 9.21. The Balaban J connectivity index is 0.00000181. The summed E-state index contributed by atoms with van der Waals surface area (Å²) >= 11 is 2.22. The Bertz CT molecular complexity index is 1130. The van der Waals surface area contributed by atoms with Gasteiger partial charge in [-0.25, -0.2) is 4.98 Å². The molecule has 0 unspecified atom stereocenters. The molecular weight excluding hydrogens is 516 g/mol. The molecule has 0 atom stereocenters. The summed E-state index contributed by atoms with van der Waals surface area (Å²) in [5.74, 6) is 2.05. The first kappa shape index (κ1) is 25.8. The average molecular weight is 537 g/mol. The molecule has 162 valence electrons. The van der Waals surface area contributed by atoms with Crippen molar-refractivity contribution >= 4 is 46.0 Å². The van der Waals surface area contributed by atoms with Crippen LogP contribution < -0.4 is 28.9 Å². The van der Waals surface area contributed by atoms with E-state index in [9.17, 15) is 5.41 Å². The summed E-state index contributed by atoms with van der Waals surface area (Å²) < 4.78 is 14.2. The topological polar surface area (TPSA) is 109 Å². The number of fused-ring (bicyclic) bond motifs is 4. The Kier molecular flexibility index (Phi) is 9.24. The zero-order valence-electron chi connectivity index (χ0n) is 18.4. The van der Waals surface area contributed by atoms with E-state index >= 15 is 0 Å². The first-order valence-corrected chi connectivity index (χ1v) is 10.3. The maximum Gasteiger partial charge on any atom is 1.00 e. The largest absolute Gasteiger partial charge is 1.00 e. The van der Waals surface area contributed by atoms with E-state index in [1.54, 1.807) is 18.5 Å². The van der Waals surface area contributed by atoms with Crippen LogP contribution >= 0.6 is 22.6 Å². The van der Waals surface area contributed by atoms with Crippen molar-refractivity contribution in [3.05, 3.63) is 58.7 Å². The second kappa shape index (κ2) is 11.4. The van der Waals surface area contributed by atoms with Crippen molar-refractivity contribution in [1.82, 2.24) is 24.7 Å². The van der Waals surface area contributed by atoms with Gasteiger partial charge in [-0.3, -0.25) is 9.67 Å². The summed E-state index contributed by atoms with van der Waals surface area (Å²) in [7, 11) is 1.90. The van der Waals surface area contributed by atoms with E-state index in [1.807, 2.05) is 24.7 Å². The van der Waals surface area contributed by atoms with Crippen LogP contribution in [0.2, 0.25) is 0 Å². The van der Waals surface area contributed by atoms with Gasteiger partial charge < -0.3 is 38.8 Å². The van der Waals surface area contributed by atoms with Gasteiger partial charge in [0.25, 0.3) is 0 Å². The molecular formula is C21H21ILiN7O2-2. The molecule has 11 heteroatoms. The Morgan fingerprint density at radius 3 is 2.81 bits per heavy atom. The number of hydrogen-bond donors (Lipinski definition) is 1. The molecule has 0 saturated heterocycles. The number of aryl methyl sites for hydroxylation is 1. The Morgan fingerprint density at radius 2 is 2.09 bits per heavy atom. The number of halogens is 1. The molecule has 0 spiro atoms. The first-order chi connectivity index (χ1) is 14.6. The van der Waals surface area contributed by atoms with Crippen molar-refractivity contribution in [2.75, 3.05) is 18.5 Å². The maximum atomic E-state index is 9.46. The number of hydrogen-bond acceptors (Lipinski definition) is 7. The fourth-order valence-electron chi connectivity index (χ4n) is 3.04. The van der Waals surface area contributed by atoms with Crippen molar-refractivity contribution in [1.29, 1.82) is 0 Å². The van der Waals surface area contributed by atoms with Crippen LogP contribution in [-0.4, -0.2) is 44.2 Å². The number of anilines is 2. The molecule has 3 aromatic rings. The number of pyridine rings is 1. The molecule has 1 aliphatic rings. The van der Waals surface area contributed by atoms with Crippen LogP contribution in [0.1, 0.15) is 17.8 Å². The van der Waals surface area contributed by atoms with Gasteiger partial charge in [-0.2, -0.15) is 5.10 Å². The third-order valence-corrected chi connectivity index (χ3v) is 5.48. The number of aromatic nitrogens is 5. The Labute approximate surface area is 212 Å². The molecule has 0 aromatic carbocycles. The molecule has 4 heterocycles. The molecule has 0 fully saturated rings. The van der Waals surface area contributed by atoms with Crippen LogP contribution in [0.15, 0.2) is 24.5 Å². The van der Waals surface area contributed by atoms with Gasteiger partial charge in [-0.15, -0.1) is 5.57 Å². The van der Waals surface area contributed by atoms with Crippen LogP contribution in [0.4, 0.5) is 11.6 Å². The minimum atomic E-state index is 0. The molecule has 0 saturated carbocycles. The Morgan fingerprint density at radius 1 is 1.28 bits per heavy atom. The van der Waals surface area contributed by atoms with Gasteiger partial charge in [0, 0.05) is 49.6 Å². The predicted molar refractivity (Wildman–Crippen MR) is 128 cm³/mol. The van der Waals surface area contributed by atoms with E-state index in [1.165, 1.54) is 0 Å². The zero-order valence-corrected chi connectivity index (χ0v) is 20.5. The molecule has 4 rings (SSSR count). The van der Waals surface area contributed by atoms with E-state index in [0.717, 1.165) is 26.7 Å². The van der Waals surface area contributed by atoms with Crippen molar-refractivity contribution in [3.8, 4) is 17.0 Å². The molecule has 1 aliphatic heterocycles. The van der Waals surface area contributed by atoms with Crippen LogP contribution in [0, 0.1) is 24.3 Å². The van der Waals surface area contributed by atoms with Gasteiger partial charge in [0.05, 0.1) is 24.5 Å². The molecule has 0 amide bonds. The molecule has 0 radical (unpaired) electrons. The molecule has 32 heavy (non-hydrogen) atoms. The van der Waals surface area contributed by atoms with Crippen LogP contribution in [0.25, 0.3) is 22.2 Å². The average Bonchev–Trinajstić information content (AvgIpc) is 2.99. The summed E-state index contributed by atoms with van der Waals surface area (Å²) in [6.45, 7) is 2.83. The third kappa shape index (κ3) is 5.49. The quantitative estimate of drug-likeness (QED) is 0.225. The summed E-state index contributed by atoms with van der Waals surface area (Å²) in [6, 6.07) is 3.54. The van der Waals surface area contributed by atoms with Crippen LogP contribution in [0.5, 0.6) is 5.75 Å². The van der Waals surface area contributed by atoms with Crippen molar-refractivity contribution in [2.45, 2.75) is 13.3 Å². The second-order valence-corrected chi connectivity index (χ2v) is 7.56. The Hall–Kier alpha value is -2.42. The fourth-order valence-corrected chi connectivity index (χ4v) is 3.62. The predicted octanol–water partition coefficient (Wildman–Crippen LogP) is 0.966. The number of rotatable bonds is 2. The normalized spacial score (nSPS) is 13.0. The minimum Gasteiger partial charge on any atom is -0.878 e. The summed E-state index contributed by atoms with van der Waals surface area (Å²) in [5.41, 5.74) is 3.13. The van der Waals surface area contributed by atoms with E-state index < -0.39 is 0 Å². The van der Waals surface area contributed by atoms with Gasteiger partial charge in [-0.05, 0) is 35.6 Å². The van der Waals surface area contributed by atoms with Crippen LogP contribution in [-0.2, 0) is 11.8 Å². The molecule has 3 aromatic heterocycles. The number of nitrogens with one attached hydrogen (secondary N) is 1. The molecule has 0 aliphatic carbocycles. The number of ether oxygens (including phenoxy) is 2. The maximum absolute atomic E-state index is 9.46. The van der Waals surface area contributed by atoms with Gasteiger partial charge in [0.2, 0.25) is 0 Å². The number of nitrogens with zero attached hydrogens (tertiary/aromatic N) is 6. The third-order valence-electron chi connectivity index (χ3n) is 4.46. The van der Waals surface area contributed by atoms with Gasteiger partial charge in [0.1, 0.15) is 21.1 Å². The van der Waals surface area contributed by atoms with E-state index in [4.69, 9.17) is 9.47 Å². The van der Waals surface area contributed by atoms with Crippen molar-refractivity contribution < 1.29 is 28.3 Å². The number of allylic oxidation sites excluding steroid dienone is 1. The summed E-state index contributed by atoms with van der Waals surface area (Å²) in [5, 5.41) is 17.1. The van der Waals surface area contributed by atoms with Gasteiger partial charge in [0.15, 0.2) is 0 Å². The van der Waals surface area contributed by atoms with Gasteiger partial charge >= 0.3 is 18.9 Å². The summed E-state index contributed by atoms with van der Waals surface area (Å²) in [6.07, 6.45) is 7.50. The van der Waals surface area contributed by atoms with Crippen molar-refractivity contribution in [3.63, 3.8) is 0 Å². The fraction of sp³-hybridized carbons (Fsp3) is 0.238. The standard InChI is InChI=1S/C20H18IN7O2.CH3.Li/c1-12-18(28(2)27-19(12)21)14-10-24-17-8-15(14)30-7-3-6-29-11-13(9-22)20-23-5-4-16(25-17)26-20;;/h4-5,8-10H,3,6-7H2,1-2H3,(H,23,24,25,26);1H3;/q-2;-1;+1. The summed E-state index contributed by atoms with van der Waals surface area (Å²) in [4.78, 5) is 13.1. The molecule has 1 N–H and O–H groups in total. The second-order valence-electron chi connectivity index (χ2n) is 6.54. The zero-order chi connectivity index (χ0) is 21.1. The molecule has 4 bridgehead atoms. The van der Waals surface area contributed by atoms with E-state index in [-0.39, 0.29) is 37.7 Å². The van der Waals surface area contributed by atoms with Crippen molar-refractivity contribution in [2.24, 2.45) is 7.05 Å². The SMILES string of the molecule is Cc1c(I)nn(C)c1-c1cnc2cc1OCCCO[C-]=C(C=[N-])c1nccc(n1)N2.[CH3-].[Li+]. The van der Waals surface area contributed by atoms with E-state index in [0.29, 0.717) is 37.0 Å².